The molecule has 1 aliphatic rings. The van der Waals surface area contributed by atoms with Gasteiger partial charge in [0.15, 0.2) is 7.05 Å². The van der Waals surface area contributed by atoms with Gasteiger partial charge in [-0.05, 0) is 35.6 Å². The number of H-pyrrole nitrogens is 1. The number of nitrogens with zero attached hydrogens (tertiary/aromatic N) is 2. The summed E-state index contributed by atoms with van der Waals surface area (Å²) < 4.78 is 45.3. The Balaban J connectivity index is 1.95. The number of amides is 1. The van der Waals surface area contributed by atoms with Crippen molar-refractivity contribution in [2.75, 3.05) is 4.90 Å². The van der Waals surface area contributed by atoms with E-state index in [1.54, 1.807) is 24.3 Å². The van der Waals surface area contributed by atoms with Crippen LogP contribution in [0, 0.1) is 0 Å². The lowest BCUT2D eigenvalue weighted by atomic mass is 10.1. The number of para-hydroxylation sites is 1. The average Bonchev–Trinajstić information content (AvgIpc) is 2.96. The molecule has 1 N–H and O–H groups in total. The predicted octanol–water partition coefficient (Wildman–Crippen LogP) is 3.25. The minimum Gasteiger partial charge on any atom is -0.283 e. The molecule has 6 nitrogen and oxygen atoms in total. The molecule has 3 aromatic rings. The lowest BCUT2D eigenvalue weighted by Crippen LogP contribution is -2.44. The minimum absolute atomic E-state index is 0.0547. The number of benzene rings is 2. The van der Waals surface area contributed by atoms with E-state index in [1.165, 1.54) is 24.9 Å². The quantitative estimate of drug-likeness (QED) is 0.644. The largest absolute Gasteiger partial charge is 0.440 e. The molecule has 27 heavy (non-hydrogen) atoms. The third kappa shape index (κ3) is 2.81. The van der Waals surface area contributed by atoms with Gasteiger partial charge in [-0.3, -0.25) is 14.2 Å². The van der Waals surface area contributed by atoms with Crippen LogP contribution in [0.4, 0.5) is 24.5 Å². The zero-order valence-electron chi connectivity index (χ0n) is 13.7. The Bertz CT molecular complexity index is 1120. The molecule has 10 heteroatoms. The van der Waals surface area contributed by atoms with E-state index in [9.17, 15) is 22.8 Å². The van der Waals surface area contributed by atoms with E-state index < -0.39 is 23.3 Å². The number of fused-ring (bicyclic) bond motifs is 2. The van der Waals surface area contributed by atoms with Crippen molar-refractivity contribution in [2.24, 2.45) is 7.05 Å². The van der Waals surface area contributed by atoms with Crippen molar-refractivity contribution < 1.29 is 27.2 Å². The van der Waals surface area contributed by atoms with Gasteiger partial charge in [0, 0.05) is 9.79 Å². The van der Waals surface area contributed by atoms with Gasteiger partial charge in [0.2, 0.25) is 0 Å². The van der Waals surface area contributed by atoms with Crippen LogP contribution < -0.4 is 15.2 Å². The Morgan fingerprint density at radius 1 is 1.15 bits per heavy atom. The molecule has 0 aliphatic carbocycles. The highest BCUT2D eigenvalue weighted by atomic mass is 32.2. The number of anilines is 2. The van der Waals surface area contributed by atoms with Crippen LogP contribution in [-0.4, -0.2) is 11.2 Å². The first-order chi connectivity index (χ1) is 12.8. The molecule has 1 aliphatic heterocycles. The van der Waals surface area contributed by atoms with Crippen LogP contribution in [-0.2, 0) is 13.2 Å². The molecule has 0 atom stereocenters. The number of alkyl halides is 3. The molecule has 0 radical (unpaired) electrons. The van der Waals surface area contributed by atoms with Gasteiger partial charge in [-0.25, -0.2) is 4.79 Å². The Kier molecular flexibility index (Phi) is 3.88. The molecule has 0 unspecified atom stereocenters. The summed E-state index contributed by atoms with van der Waals surface area (Å²) in [6, 6.07) is 9.97. The molecule has 1 aromatic heterocycles. The zero-order valence-corrected chi connectivity index (χ0v) is 14.5. The summed E-state index contributed by atoms with van der Waals surface area (Å²) in [6.07, 6.45) is -4.57. The van der Waals surface area contributed by atoms with Crippen LogP contribution in [0.5, 0.6) is 0 Å². The number of aryl methyl sites for hydroxylation is 1. The molecule has 1 amide bonds. The summed E-state index contributed by atoms with van der Waals surface area (Å²) in [5.74, 6) is -0.791. The number of hydrogen-bond donors (Lipinski definition) is 1. The van der Waals surface area contributed by atoms with Crippen LogP contribution in [0.2, 0.25) is 0 Å². The maximum atomic E-state index is 13.2. The van der Waals surface area contributed by atoms with Crippen molar-refractivity contribution in [2.45, 2.75) is 16.0 Å². The summed E-state index contributed by atoms with van der Waals surface area (Å²) in [7, 11) is 1.40. The van der Waals surface area contributed by atoms with Crippen molar-refractivity contribution in [3.05, 3.63) is 64.1 Å². The molecule has 138 valence electrons. The molecule has 0 saturated carbocycles. The van der Waals surface area contributed by atoms with Crippen molar-refractivity contribution in [1.29, 1.82) is 0 Å². The fraction of sp³-hybridized carbons (Fsp3) is 0.118. The number of aromatic nitrogens is 2. The molecule has 2 aromatic carbocycles. The zero-order chi connectivity index (χ0) is 19.3. The van der Waals surface area contributed by atoms with E-state index in [2.05, 4.69) is 9.79 Å². The van der Waals surface area contributed by atoms with Gasteiger partial charge in [-0.15, -0.1) is 0 Å². The van der Waals surface area contributed by atoms with Gasteiger partial charge >= 0.3 is 23.4 Å². The van der Waals surface area contributed by atoms with E-state index in [-0.39, 0.29) is 11.4 Å². The number of hydrogen-bond acceptors (Lipinski definition) is 4. The molecule has 0 saturated heterocycles. The van der Waals surface area contributed by atoms with Crippen LogP contribution >= 0.6 is 11.8 Å². The molecule has 0 spiro atoms. The third-order valence-electron chi connectivity index (χ3n) is 4.06. The monoisotopic (exact) mass is 394 g/mol. The number of nitrogens with one attached hydrogen (secondary N) is 1. The lowest BCUT2D eigenvalue weighted by molar-refractivity contribution is -0.741. The molecular formula is C17H11F3N3O3S+. The summed E-state index contributed by atoms with van der Waals surface area (Å²) in [5.41, 5.74) is -1.68. The van der Waals surface area contributed by atoms with E-state index in [0.717, 1.165) is 21.7 Å². The summed E-state index contributed by atoms with van der Waals surface area (Å²) in [4.78, 5) is 27.3. The average molecular weight is 394 g/mol. The first-order valence-corrected chi connectivity index (χ1v) is 8.49. The van der Waals surface area contributed by atoms with Gasteiger partial charge in [-0.1, -0.05) is 28.6 Å². The molecule has 2 heterocycles. The summed E-state index contributed by atoms with van der Waals surface area (Å²) >= 11 is 1.25. The molecular weight excluding hydrogens is 383 g/mol. The van der Waals surface area contributed by atoms with Gasteiger partial charge in [0.1, 0.15) is 0 Å². The Labute approximate surface area is 154 Å². The second kappa shape index (κ2) is 6.02. The first-order valence-electron chi connectivity index (χ1n) is 7.67. The fourth-order valence-electron chi connectivity index (χ4n) is 2.83. The standard InChI is InChI=1S/C17H10F3N3O3S/c1-22-14(16(25)26-21-22)15(24)23-10-4-2-3-5-12(10)27-13-7-6-9(8-11(13)23)17(18,19)20/h2-8H,1H3/p+1. The molecule has 0 fully saturated rings. The Morgan fingerprint density at radius 3 is 2.52 bits per heavy atom. The Morgan fingerprint density at radius 2 is 1.85 bits per heavy atom. The van der Waals surface area contributed by atoms with Crippen molar-refractivity contribution >= 4 is 29.0 Å². The SMILES string of the molecule is C[n+]1[nH]oc(=O)c1C(=O)N1c2ccccc2Sc2ccc(C(F)(F)F)cc21. The van der Waals surface area contributed by atoms with Gasteiger partial charge in [0.05, 0.1) is 16.9 Å². The van der Waals surface area contributed by atoms with Crippen molar-refractivity contribution in [1.82, 2.24) is 5.27 Å². The number of aromatic amines is 1. The third-order valence-corrected chi connectivity index (χ3v) is 5.19. The molecule has 4 rings (SSSR count). The van der Waals surface area contributed by atoms with Crippen LogP contribution in [0.3, 0.4) is 0 Å². The normalized spacial score (nSPS) is 13.3. The Hall–Kier alpha value is -3.01. The maximum absolute atomic E-state index is 13.2. The number of carbonyl (C=O) groups excluding carboxylic acids is 1. The smallest absolute Gasteiger partial charge is 0.283 e. The van der Waals surface area contributed by atoms with E-state index >= 15 is 0 Å². The number of carbonyl (C=O) groups is 1. The van der Waals surface area contributed by atoms with E-state index in [0.29, 0.717) is 15.5 Å². The minimum atomic E-state index is -4.57. The van der Waals surface area contributed by atoms with Crippen LogP contribution in [0.25, 0.3) is 0 Å². The highest BCUT2D eigenvalue weighted by molar-refractivity contribution is 7.99. The molecule has 0 bridgehead atoms. The predicted molar refractivity (Wildman–Crippen MR) is 89.0 cm³/mol. The van der Waals surface area contributed by atoms with Gasteiger partial charge in [-0.2, -0.15) is 13.2 Å². The van der Waals surface area contributed by atoms with Gasteiger partial charge < -0.3 is 0 Å². The summed E-state index contributed by atoms with van der Waals surface area (Å²) in [5, 5.41) is 2.24. The maximum Gasteiger partial charge on any atom is 0.440 e. The highest BCUT2D eigenvalue weighted by Gasteiger charge is 2.39. The van der Waals surface area contributed by atoms with Crippen molar-refractivity contribution in [3.8, 4) is 0 Å². The van der Waals surface area contributed by atoms with Gasteiger partial charge in [0.25, 0.3) is 0 Å². The van der Waals surface area contributed by atoms with E-state index in [1.807, 2.05) is 0 Å². The fourth-order valence-corrected chi connectivity index (χ4v) is 3.87. The number of halogens is 3. The summed E-state index contributed by atoms with van der Waals surface area (Å²) in [6.45, 7) is 0. The lowest BCUT2D eigenvalue weighted by Gasteiger charge is -2.30. The number of rotatable bonds is 1. The second-order valence-electron chi connectivity index (χ2n) is 5.78. The van der Waals surface area contributed by atoms with E-state index in [4.69, 9.17) is 0 Å². The highest BCUT2D eigenvalue weighted by Crippen LogP contribution is 2.49. The van der Waals surface area contributed by atoms with Crippen LogP contribution in [0.15, 0.2) is 61.6 Å². The van der Waals surface area contributed by atoms with Crippen LogP contribution in [0.1, 0.15) is 16.1 Å². The topological polar surface area (TPSA) is 70.2 Å². The second-order valence-corrected chi connectivity index (χ2v) is 6.86. The first kappa shape index (κ1) is 17.4. The van der Waals surface area contributed by atoms with Crippen molar-refractivity contribution in [3.63, 3.8) is 0 Å².